The Morgan fingerprint density at radius 2 is 2.07 bits per heavy atom. The van der Waals surface area contributed by atoms with Crippen molar-refractivity contribution in [1.29, 1.82) is 0 Å². The van der Waals surface area contributed by atoms with Gasteiger partial charge >= 0.3 is 0 Å². The molecule has 0 aromatic carbocycles. The third-order valence-corrected chi connectivity index (χ3v) is 3.77. The van der Waals surface area contributed by atoms with Gasteiger partial charge < -0.3 is 10.1 Å². The average molecular weight is 212 g/mol. The van der Waals surface area contributed by atoms with Crippen LogP contribution in [-0.4, -0.2) is 49.8 Å². The van der Waals surface area contributed by atoms with Gasteiger partial charge in [-0.3, -0.25) is 4.90 Å². The monoisotopic (exact) mass is 212 g/mol. The van der Waals surface area contributed by atoms with Gasteiger partial charge in [-0.2, -0.15) is 0 Å². The molecule has 0 bridgehead atoms. The molecule has 15 heavy (non-hydrogen) atoms. The van der Waals surface area contributed by atoms with E-state index in [2.05, 4.69) is 17.1 Å². The van der Waals surface area contributed by atoms with Gasteiger partial charge in [0, 0.05) is 31.8 Å². The molecule has 88 valence electrons. The Labute approximate surface area is 93.2 Å². The van der Waals surface area contributed by atoms with Crippen LogP contribution in [0.2, 0.25) is 0 Å². The Hall–Kier alpha value is -0.120. The number of hydrogen-bond acceptors (Lipinski definition) is 3. The van der Waals surface area contributed by atoms with Gasteiger partial charge in [-0.15, -0.1) is 0 Å². The summed E-state index contributed by atoms with van der Waals surface area (Å²) in [6.45, 7) is 7.85. The summed E-state index contributed by atoms with van der Waals surface area (Å²) in [5.41, 5.74) is 0. The number of rotatable bonds is 4. The van der Waals surface area contributed by atoms with E-state index in [4.69, 9.17) is 4.74 Å². The minimum Gasteiger partial charge on any atom is -0.381 e. The summed E-state index contributed by atoms with van der Waals surface area (Å²) in [5.74, 6) is 0. The predicted octanol–water partition coefficient (Wildman–Crippen LogP) is 1.24. The molecule has 1 atom stereocenters. The fourth-order valence-electron chi connectivity index (χ4n) is 2.75. The minimum atomic E-state index is 0.707. The molecular formula is C12H24N2O. The molecule has 0 aromatic rings. The topological polar surface area (TPSA) is 24.5 Å². The van der Waals surface area contributed by atoms with Gasteiger partial charge in [-0.25, -0.2) is 0 Å². The molecule has 2 aliphatic rings. The first-order chi connectivity index (χ1) is 7.40. The lowest BCUT2D eigenvalue weighted by molar-refractivity contribution is 0.0760. The molecule has 0 unspecified atom stereocenters. The van der Waals surface area contributed by atoms with Crippen LogP contribution in [0.5, 0.6) is 0 Å². The first kappa shape index (κ1) is 11.4. The quantitative estimate of drug-likeness (QED) is 0.759. The van der Waals surface area contributed by atoms with E-state index in [1.165, 1.54) is 45.3 Å². The number of ether oxygens (including phenoxy) is 1. The van der Waals surface area contributed by atoms with Crippen molar-refractivity contribution in [2.75, 3.05) is 32.8 Å². The molecule has 3 heteroatoms. The van der Waals surface area contributed by atoms with Crippen molar-refractivity contribution in [3.05, 3.63) is 0 Å². The first-order valence-corrected chi connectivity index (χ1v) is 6.45. The van der Waals surface area contributed by atoms with Crippen LogP contribution in [0.25, 0.3) is 0 Å². The highest BCUT2D eigenvalue weighted by atomic mass is 16.5. The van der Waals surface area contributed by atoms with Crippen molar-refractivity contribution in [3.8, 4) is 0 Å². The number of nitrogens with zero attached hydrogens (tertiary/aromatic N) is 1. The van der Waals surface area contributed by atoms with E-state index in [-0.39, 0.29) is 0 Å². The van der Waals surface area contributed by atoms with E-state index in [1.807, 2.05) is 0 Å². The summed E-state index contributed by atoms with van der Waals surface area (Å²) in [6.07, 6.45) is 5.15. The lowest BCUT2D eigenvalue weighted by atomic mass is 10.1. The molecule has 2 fully saturated rings. The Morgan fingerprint density at radius 1 is 1.27 bits per heavy atom. The Balaban J connectivity index is 1.67. The lowest BCUT2D eigenvalue weighted by Gasteiger charge is -2.28. The van der Waals surface area contributed by atoms with Crippen molar-refractivity contribution in [3.63, 3.8) is 0 Å². The molecular weight excluding hydrogens is 188 g/mol. The van der Waals surface area contributed by atoms with Crippen molar-refractivity contribution >= 4 is 0 Å². The Morgan fingerprint density at radius 3 is 2.80 bits per heavy atom. The van der Waals surface area contributed by atoms with E-state index in [9.17, 15) is 0 Å². The highest BCUT2D eigenvalue weighted by Gasteiger charge is 2.23. The number of likely N-dealkylation sites (N-methyl/N-ethyl adjacent to an activating group) is 1. The molecule has 0 aliphatic carbocycles. The van der Waals surface area contributed by atoms with E-state index in [0.717, 1.165) is 19.3 Å². The first-order valence-electron chi connectivity index (χ1n) is 6.45. The van der Waals surface area contributed by atoms with Crippen molar-refractivity contribution in [2.45, 2.75) is 44.7 Å². The molecule has 2 saturated heterocycles. The van der Waals surface area contributed by atoms with Crippen molar-refractivity contribution < 1.29 is 4.74 Å². The average Bonchev–Trinajstić information content (AvgIpc) is 2.75. The zero-order valence-corrected chi connectivity index (χ0v) is 9.87. The minimum absolute atomic E-state index is 0.707. The van der Waals surface area contributed by atoms with Crippen LogP contribution >= 0.6 is 0 Å². The van der Waals surface area contributed by atoms with Crippen LogP contribution in [-0.2, 0) is 4.74 Å². The molecule has 2 rings (SSSR count). The second-order valence-corrected chi connectivity index (χ2v) is 4.72. The van der Waals surface area contributed by atoms with E-state index in [1.54, 1.807) is 0 Å². The van der Waals surface area contributed by atoms with Crippen molar-refractivity contribution in [1.82, 2.24) is 10.2 Å². The summed E-state index contributed by atoms with van der Waals surface area (Å²) < 4.78 is 5.36. The van der Waals surface area contributed by atoms with E-state index in [0.29, 0.717) is 6.04 Å². The summed E-state index contributed by atoms with van der Waals surface area (Å²) in [6, 6.07) is 1.50. The SMILES string of the molecule is CCN1CCC[C@H]1CNC1CCOCC1. The zero-order chi connectivity index (χ0) is 10.5. The van der Waals surface area contributed by atoms with Crippen LogP contribution in [0.15, 0.2) is 0 Å². The summed E-state index contributed by atoms with van der Waals surface area (Å²) in [4.78, 5) is 2.60. The zero-order valence-electron chi connectivity index (χ0n) is 9.87. The second kappa shape index (κ2) is 5.83. The number of nitrogens with one attached hydrogen (secondary N) is 1. The highest BCUT2D eigenvalue weighted by molar-refractivity contribution is 4.82. The maximum absolute atomic E-state index is 5.36. The van der Waals surface area contributed by atoms with Gasteiger partial charge in [-0.1, -0.05) is 6.92 Å². The predicted molar refractivity (Wildman–Crippen MR) is 62.1 cm³/mol. The Bertz CT molecular complexity index is 180. The van der Waals surface area contributed by atoms with Crippen LogP contribution in [0.1, 0.15) is 32.6 Å². The largest absolute Gasteiger partial charge is 0.381 e. The molecule has 3 nitrogen and oxygen atoms in total. The third kappa shape index (κ3) is 3.16. The molecule has 0 radical (unpaired) electrons. The van der Waals surface area contributed by atoms with Crippen LogP contribution < -0.4 is 5.32 Å². The summed E-state index contributed by atoms with van der Waals surface area (Å²) >= 11 is 0. The van der Waals surface area contributed by atoms with E-state index < -0.39 is 0 Å². The van der Waals surface area contributed by atoms with E-state index >= 15 is 0 Å². The molecule has 0 aromatic heterocycles. The molecule has 2 aliphatic heterocycles. The smallest absolute Gasteiger partial charge is 0.0480 e. The van der Waals surface area contributed by atoms with Gasteiger partial charge in [0.1, 0.15) is 0 Å². The maximum Gasteiger partial charge on any atom is 0.0480 e. The molecule has 1 N–H and O–H groups in total. The standard InChI is InChI=1S/C12H24N2O/c1-2-14-7-3-4-12(14)10-13-11-5-8-15-9-6-11/h11-13H,2-10H2,1H3/t12-/m0/s1. The maximum atomic E-state index is 5.36. The second-order valence-electron chi connectivity index (χ2n) is 4.72. The van der Waals surface area contributed by atoms with Gasteiger partial charge in [0.25, 0.3) is 0 Å². The lowest BCUT2D eigenvalue weighted by Crippen LogP contribution is -2.43. The van der Waals surface area contributed by atoms with Gasteiger partial charge in [0.05, 0.1) is 0 Å². The van der Waals surface area contributed by atoms with Crippen LogP contribution in [0, 0.1) is 0 Å². The van der Waals surface area contributed by atoms with Gasteiger partial charge in [-0.05, 0) is 38.8 Å². The number of hydrogen-bond donors (Lipinski definition) is 1. The highest BCUT2D eigenvalue weighted by Crippen LogP contribution is 2.16. The molecule has 0 spiro atoms. The summed E-state index contributed by atoms with van der Waals surface area (Å²) in [7, 11) is 0. The van der Waals surface area contributed by atoms with Gasteiger partial charge in [0.15, 0.2) is 0 Å². The van der Waals surface area contributed by atoms with Gasteiger partial charge in [0.2, 0.25) is 0 Å². The molecule has 0 amide bonds. The van der Waals surface area contributed by atoms with Crippen LogP contribution in [0.4, 0.5) is 0 Å². The normalized spacial score (nSPS) is 29.8. The fraction of sp³-hybridized carbons (Fsp3) is 1.00. The summed E-state index contributed by atoms with van der Waals surface area (Å²) in [5, 5.41) is 3.71. The number of likely N-dealkylation sites (tertiary alicyclic amines) is 1. The van der Waals surface area contributed by atoms with Crippen LogP contribution in [0.3, 0.4) is 0 Å². The fourth-order valence-corrected chi connectivity index (χ4v) is 2.75. The van der Waals surface area contributed by atoms with Crippen molar-refractivity contribution in [2.24, 2.45) is 0 Å². The molecule has 0 saturated carbocycles. The Kier molecular flexibility index (Phi) is 4.42. The molecule has 2 heterocycles. The third-order valence-electron chi connectivity index (χ3n) is 3.77.